The molecule has 4 N–H and O–H groups in total. The third-order valence-corrected chi connectivity index (χ3v) is 4.95. The lowest BCUT2D eigenvalue weighted by Crippen LogP contribution is -2.41. The molecule has 0 spiro atoms. The van der Waals surface area contributed by atoms with E-state index in [0.29, 0.717) is 31.3 Å². The van der Waals surface area contributed by atoms with Crippen LogP contribution >= 0.6 is 0 Å². The van der Waals surface area contributed by atoms with E-state index in [-0.39, 0.29) is 5.94 Å². The van der Waals surface area contributed by atoms with Gasteiger partial charge in [0.1, 0.15) is 0 Å². The first-order valence-electron chi connectivity index (χ1n) is 8.42. The van der Waals surface area contributed by atoms with Crippen molar-refractivity contribution in [3.8, 4) is 0 Å². The third-order valence-electron chi connectivity index (χ3n) is 4.95. The number of carbonyl (C=O) groups excluding carboxylic acids is 1. The minimum atomic E-state index is -1.38. The smallest absolute Gasteiger partial charge is 0.426 e. The standard InChI is InChI=1S/C12H17N.C5H10BNO3/c1-9(13)11-7-6-10-4-2-3-5-12(10)8-11;8-4-7-3-1-2-5(7)6(9)10/h2-5,9,11H,6-8,13H2,1H3;4-5,9-10H,1-3H2. The SMILES string of the molecule is CC(N)C1CCc2ccccc2C1.O=CN1CCCC1B(O)O. The molecule has 3 unspecified atom stereocenters. The number of nitrogens with two attached hydrogens (primary N) is 1. The zero-order valence-electron chi connectivity index (χ0n) is 13.8. The van der Waals surface area contributed by atoms with Gasteiger partial charge >= 0.3 is 7.12 Å². The molecule has 0 radical (unpaired) electrons. The van der Waals surface area contributed by atoms with Gasteiger partial charge < -0.3 is 20.7 Å². The van der Waals surface area contributed by atoms with Gasteiger partial charge in [-0.1, -0.05) is 24.3 Å². The molecule has 5 nitrogen and oxygen atoms in total. The summed E-state index contributed by atoms with van der Waals surface area (Å²) < 4.78 is 0. The molecule has 1 aromatic rings. The molecule has 1 saturated heterocycles. The van der Waals surface area contributed by atoms with Crippen LogP contribution in [0.2, 0.25) is 0 Å². The molecule has 0 aromatic heterocycles. The highest BCUT2D eigenvalue weighted by Gasteiger charge is 2.32. The molecule has 1 amide bonds. The summed E-state index contributed by atoms with van der Waals surface area (Å²) >= 11 is 0. The molecule has 23 heavy (non-hydrogen) atoms. The summed E-state index contributed by atoms with van der Waals surface area (Å²) in [6.07, 6.45) is 5.86. The number of hydrogen-bond acceptors (Lipinski definition) is 4. The third kappa shape index (κ3) is 4.80. The Kier molecular flexibility index (Phi) is 6.63. The van der Waals surface area contributed by atoms with Crippen molar-refractivity contribution in [1.82, 2.24) is 4.90 Å². The van der Waals surface area contributed by atoms with Crippen LogP contribution in [0.1, 0.15) is 37.3 Å². The number of benzene rings is 1. The van der Waals surface area contributed by atoms with Crippen LogP contribution in [0.3, 0.4) is 0 Å². The van der Waals surface area contributed by atoms with E-state index in [4.69, 9.17) is 15.8 Å². The Bertz CT molecular complexity index is 510. The summed E-state index contributed by atoms with van der Waals surface area (Å²) in [6, 6.07) is 9.08. The monoisotopic (exact) mass is 318 g/mol. The summed E-state index contributed by atoms with van der Waals surface area (Å²) in [4.78, 5) is 11.6. The summed E-state index contributed by atoms with van der Waals surface area (Å²) in [5, 5.41) is 17.4. The molecule has 6 heteroatoms. The van der Waals surface area contributed by atoms with E-state index in [2.05, 4.69) is 31.2 Å². The van der Waals surface area contributed by atoms with Gasteiger partial charge in [0.05, 0.1) is 5.94 Å². The van der Waals surface area contributed by atoms with Crippen molar-refractivity contribution < 1.29 is 14.8 Å². The van der Waals surface area contributed by atoms with Crippen LogP contribution in [-0.4, -0.2) is 47.0 Å². The Morgan fingerprint density at radius 2 is 2.00 bits per heavy atom. The van der Waals surface area contributed by atoms with Crippen molar-refractivity contribution in [2.24, 2.45) is 11.7 Å². The Hall–Kier alpha value is -1.37. The zero-order chi connectivity index (χ0) is 16.8. The van der Waals surface area contributed by atoms with E-state index in [1.165, 1.54) is 35.3 Å². The number of hydrogen-bond donors (Lipinski definition) is 3. The van der Waals surface area contributed by atoms with Crippen LogP contribution in [-0.2, 0) is 17.6 Å². The molecule has 3 rings (SSSR count). The fraction of sp³-hybridized carbons (Fsp3) is 0.588. The van der Waals surface area contributed by atoms with Gasteiger partial charge in [-0.15, -0.1) is 0 Å². The number of carbonyl (C=O) groups is 1. The van der Waals surface area contributed by atoms with Crippen LogP contribution in [0.15, 0.2) is 24.3 Å². The van der Waals surface area contributed by atoms with Gasteiger partial charge in [0, 0.05) is 12.6 Å². The number of fused-ring (bicyclic) bond motifs is 1. The van der Waals surface area contributed by atoms with E-state index in [1.54, 1.807) is 0 Å². The first-order valence-corrected chi connectivity index (χ1v) is 8.42. The molecular weight excluding hydrogens is 291 g/mol. The number of aryl methyl sites for hydroxylation is 1. The van der Waals surface area contributed by atoms with E-state index in [1.807, 2.05) is 0 Å². The molecule has 1 aromatic carbocycles. The Morgan fingerprint density at radius 3 is 2.57 bits per heavy atom. The molecule has 0 bridgehead atoms. The maximum atomic E-state index is 10.2. The maximum absolute atomic E-state index is 10.2. The largest absolute Gasteiger partial charge is 0.475 e. The second-order valence-corrected chi connectivity index (χ2v) is 6.60. The van der Waals surface area contributed by atoms with Crippen molar-refractivity contribution in [2.75, 3.05) is 6.54 Å². The van der Waals surface area contributed by atoms with Crippen LogP contribution in [0.25, 0.3) is 0 Å². The molecule has 1 heterocycles. The van der Waals surface area contributed by atoms with Gasteiger partial charge in [-0.05, 0) is 56.1 Å². The topological polar surface area (TPSA) is 86.8 Å². The fourth-order valence-corrected chi connectivity index (χ4v) is 3.44. The average Bonchev–Trinajstić information content (AvgIpc) is 3.04. The molecule has 0 saturated carbocycles. The summed E-state index contributed by atoms with van der Waals surface area (Å²) in [5.74, 6) is 0.312. The van der Waals surface area contributed by atoms with Crippen LogP contribution < -0.4 is 5.73 Å². The Balaban J connectivity index is 0.000000174. The summed E-state index contributed by atoms with van der Waals surface area (Å²) in [7, 11) is -1.38. The van der Waals surface area contributed by atoms with Crippen molar-refractivity contribution >= 4 is 13.5 Å². The van der Waals surface area contributed by atoms with Gasteiger partial charge in [-0.25, -0.2) is 0 Å². The maximum Gasteiger partial charge on any atom is 0.475 e. The van der Waals surface area contributed by atoms with Gasteiger partial charge in [0.15, 0.2) is 0 Å². The molecule has 126 valence electrons. The Labute approximate surface area is 138 Å². The molecule has 1 fully saturated rings. The van der Waals surface area contributed by atoms with Crippen LogP contribution in [0, 0.1) is 5.92 Å². The molecular formula is C17H27BN2O3. The number of amides is 1. The number of rotatable bonds is 3. The first kappa shape index (κ1) is 18.0. The minimum absolute atomic E-state index is 0.341. The zero-order valence-corrected chi connectivity index (χ0v) is 13.8. The normalized spacial score (nSPS) is 24.3. The van der Waals surface area contributed by atoms with E-state index in [9.17, 15) is 4.79 Å². The quantitative estimate of drug-likeness (QED) is 0.567. The first-order chi connectivity index (χ1) is 11.0. The van der Waals surface area contributed by atoms with Crippen molar-refractivity contribution in [3.63, 3.8) is 0 Å². The fourth-order valence-electron chi connectivity index (χ4n) is 3.44. The van der Waals surface area contributed by atoms with E-state index < -0.39 is 7.12 Å². The van der Waals surface area contributed by atoms with Gasteiger partial charge in [0.25, 0.3) is 0 Å². The molecule has 3 atom stereocenters. The minimum Gasteiger partial charge on any atom is -0.426 e. The lowest BCUT2D eigenvalue weighted by molar-refractivity contribution is -0.118. The van der Waals surface area contributed by atoms with Gasteiger partial charge in [0.2, 0.25) is 6.41 Å². The van der Waals surface area contributed by atoms with Gasteiger partial charge in [-0.3, -0.25) is 4.79 Å². The van der Waals surface area contributed by atoms with Crippen molar-refractivity contribution in [2.45, 2.75) is 51.0 Å². The molecule has 1 aliphatic heterocycles. The Morgan fingerprint density at radius 1 is 1.30 bits per heavy atom. The highest BCUT2D eigenvalue weighted by atomic mass is 16.4. The second kappa shape index (κ2) is 8.48. The summed E-state index contributed by atoms with van der Waals surface area (Å²) in [5.41, 5.74) is 8.96. The summed E-state index contributed by atoms with van der Waals surface area (Å²) in [6.45, 7) is 2.77. The molecule has 2 aliphatic rings. The second-order valence-electron chi connectivity index (χ2n) is 6.60. The highest BCUT2D eigenvalue weighted by Crippen LogP contribution is 2.26. The molecule has 1 aliphatic carbocycles. The lowest BCUT2D eigenvalue weighted by atomic mass is 9.78. The lowest BCUT2D eigenvalue weighted by Gasteiger charge is -2.27. The van der Waals surface area contributed by atoms with E-state index in [0.717, 1.165) is 6.42 Å². The van der Waals surface area contributed by atoms with Crippen LogP contribution in [0.4, 0.5) is 0 Å². The van der Waals surface area contributed by atoms with Crippen molar-refractivity contribution in [3.05, 3.63) is 35.4 Å². The predicted octanol–water partition coefficient (Wildman–Crippen LogP) is 0.758. The van der Waals surface area contributed by atoms with Crippen molar-refractivity contribution in [1.29, 1.82) is 0 Å². The van der Waals surface area contributed by atoms with Gasteiger partial charge in [-0.2, -0.15) is 0 Å². The predicted molar refractivity (Wildman–Crippen MR) is 91.6 cm³/mol. The highest BCUT2D eigenvalue weighted by molar-refractivity contribution is 6.43. The number of likely N-dealkylation sites (tertiary alicyclic amines) is 1. The number of nitrogens with zero attached hydrogens (tertiary/aromatic N) is 1. The van der Waals surface area contributed by atoms with Crippen LogP contribution in [0.5, 0.6) is 0 Å². The average molecular weight is 318 g/mol. The van der Waals surface area contributed by atoms with E-state index >= 15 is 0 Å².